The van der Waals surface area contributed by atoms with Crippen molar-refractivity contribution in [2.45, 2.75) is 50.5 Å². The van der Waals surface area contributed by atoms with Crippen LogP contribution in [0.3, 0.4) is 0 Å². The second kappa shape index (κ2) is 8.17. The van der Waals surface area contributed by atoms with Crippen LogP contribution in [-0.4, -0.2) is 62.8 Å². The van der Waals surface area contributed by atoms with Crippen molar-refractivity contribution in [3.8, 4) is 11.9 Å². The highest BCUT2D eigenvalue weighted by Gasteiger charge is 2.48. The summed E-state index contributed by atoms with van der Waals surface area (Å²) in [7, 11) is 0. The van der Waals surface area contributed by atoms with Gasteiger partial charge in [-0.05, 0) is 31.0 Å². The van der Waals surface area contributed by atoms with Gasteiger partial charge in [0, 0.05) is 0 Å². The molecule has 1 unspecified atom stereocenters. The molecule has 0 bridgehead atoms. The van der Waals surface area contributed by atoms with Gasteiger partial charge in [-0.1, -0.05) is 35.9 Å². The number of hydrogen-bond acceptors (Lipinski definition) is 8. The maximum atomic E-state index is 10.1. The number of aliphatic hydroxyl groups is 2. The lowest BCUT2D eigenvalue weighted by Crippen LogP contribution is -2.34. The van der Waals surface area contributed by atoms with Crippen LogP contribution in [0.1, 0.15) is 25.0 Å². The summed E-state index contributed by atoms with van der Waals surface area (Å²) in [4.78, 5) is 11.8. The standard InChI is InChI=1S/C22H24ClN3O6/c1-22(2,28)12-5-3-11(4-6-12)8-31-20-13(23)7-14-19(25-20)26-21(24-14)32-16-10-30-17-15(27)9-29-18(16)17/h3-7,15-18,27-28H,8-10H2,1-2H3,(H,24,25,26)/t15-,16-,17-,18?/m1/s1. The number of benzene rings is 1. The van der Waals surface area contributed by atoms with Gasteiger partial charge in [-0.3, -0.25) is 0 Å². The van der Waals surface area contributed by atoms with E-state index >= 15 is 0 Å². The Labute approximate surface area is 189 Å². The number of H-pyrrole nitrogens is 1. The van der Waals surface area contributed by atoms with Gasteiger partial charge in [0.15, 0.2) is 11.8 Å². The first-order chi connectivity index (χ1) is 15.3. The number of hydrogen-bond donors (Lipinski definition) is 3. The molecule has 5 rings (SSSR count). The van der Waals surface area contributed by atoms with E-state index in [9.17, 15) is 10.2 Å². The third-order valence-corrected chi connectivity index (χ3v) is 5.92. The highest BCUT2D eigenvalue weighted by molar-refractivity contribution is 6.32. The van der Waals surface area contributed by atoms with E-state index in [1.54, 1.807) is 19.9 Å². The molecular formula is C22H24ClN3O6. The first-order valence-electron chi connectivity index (χ1n) is 10.4. The molecule has 0 aliphatic carbocycles. The Morgan fingerprint density at radius 2 is 1.91 bits per heavy atom. The Morgan fingerprint density at radius 1 is 1.16 bits per heavy atom. The Hall–Kier alpha value is -2.43. The first-order valence-corrected chi connectivity index (χ1v) is 10.7. The summed E-state index contributed by atoms with van der Waals surface area (Å²) in [5.41, 5.74) is 1.84. The molecule has 2 fully saturated rings. The zero-order valence-corrected chi connectivity index (χ0v) is 18.4. The molecule has 170 valence electrons. The second-order valence-electron chi connectivity index (χ2n) is 8.55. The smallest absolute Gasteiger partial charge is 0.296 e. The molecule has 4 heterocycles. The van der Waals surface area contributed by atoms with Crippen molar-refractivity contribution in [1.82, 2.24) is 15.0 Å². The predicted octanol–water partition coefficient (Wildman–Crippen LogP) is 2.32. The minimum Gasteiger partial charge on any atom is -0.472 e. The van der Waals surface area contributed by atoms with Crippen LogP contribution >= 0.6 is 11.6 Å². The summed E-state index contributed by atoms with van der Waals surface area (Å²) in [6.07, 6.45) is -1.74. The molecule has 2 aliphatic heterocycles. The van der Waals surface area contributed by atoms with Gasteiger partial charge < -0.3 is 34.1 Å². The molecule has 0 spiro atoms. The molecule has 10 heteroatoms. The average molecular weight is 462 g/mol. The van der Waals surface area contributed by atoms with E-state index in [-0.39, 0.29) is 43.4 Å². The number of pyridine rings is 1. The monoisotopic (exact) mass is 461 g/mol. The maximum Gasteiger partial charge on any atom is 0.296 e. The molecule has 3 N–H and O–H groups in total. The van der Waals surface area contributed by atoms with Crippen LogP contribution in [0.15, 0.2) is 30.3 Å². The molecule has 1 aromatic carbocycles. The highest BCUT2D eigenvalue weighted by atomic mass is 35.5. The fourth-order valence-corrected chi connectivity index (χ4v) is 4.09. The number of ether oxygens (including phenoxy) is 4. The zero-order chi connectivity index (χ0) is 22.5. The predicted molar refractivity (Wildman–Crippen MR) is 115 cm³/mol. The minimum atomic E-state index is -0.899. The van der Waals surface area contributed by atoms with Gasteiger partial charge in [-0.15, -0.1) is 0 Å². The maximum absolute atomic E-state index is 10.1. The van der Waals surface area contributed by atoms with Gasteiger partial charge in [-0.2, -0.15) is 9.97 Å². The van der Waals surface area contributed by atoms with Gasteiger partial charge in [0.05, 0.1) is 24.3 Å². The van der Waals surface area contributed by atoms with Crippen LogP contribution in [0, 0.1) is 0 Å². The van der Waals surface area contributed by atoms with E-state index in [1.807, 2.05) is 24.3 Å². The van der Waals surface area contributed by atoms with Gasteiger partial charge in [0.1, 0.15) is 29.9 Å². The van der Waals surface area contributed by atoms with Crippen molar-refractivity contribution in [2.24, 2.45) is 0 Å². The Kier molecular flexibility index (Phi) is 5.47. The number of aliphatic hydroxyl groups excluding tert-OH is 1. The SMILES string of the molecule is CC(C)(O)c1ccc(COc2nc3nc(O[C@@H]4CO[C@H]5C4OC[C@H]5O)[nH]c3cc2Cl)cc1. The number of rotatable bonds is 6. The molecule has 2 aromatic heterocycles. The van der Waals surface area contributed by atoms with E-state index in [0.29, 0.717) is 22.8 Å². The molecule has 0 radical (unpaired) electrons. The third kappa shape index (κ3) is 4.14. The average Bonchev–Trinajstić information content (AvgIpc) is 3.43. The molecular weight excluding hydrogens is 438 g/mol. The van der Waals surface area contributed by atoms with Gasteiger partial charge >= 0.3 is 0 Å². The fourth-order valence-electron chi connectivity index (χ4n) is 3.89. The Morgan fingerprint density at radius 3 is 2.66 bits per heavy atom. The van der Waals surface area contributed by atoms with E-state index < -0.39 is 11.7 Å². The summed E-state index contributed by atoms with van der Waals surface area (Å²) in [6.45, 7) is 4.27. The lowest BCUT2D eigenvalue weighted by molar-refractivity contribution is 0.00706. The quantitative estimate of drug-likeness (QED) is 0.511. The molecule has 32 heavy (non-hydrogen) atoms. The van der Waals surface area contributed by atoms with Crippen LogP contribution in [0.4, 0.5) is 0 Å². The number of aromatic amines is 1. The number of imidazole rings is 1. The van der Waals surface area contributed by atoms with Gasteiger partial charge in [-0.25, -0.2) is 0 Å². The third-order valence-electron chi connectivity index (χ3n) is 5.65. The van der Waals surface area contributed by atoms with Crippen LogP contribution in [-0.2, 0) is 21.7 Å². The lowest BCUT2D eigenvalue weighted by atomic mass is 9.97. The second-order valence-corrected chi connectivity index (χ2v) is 8.96. The number of nitrogens with zero attached hydrogens (tertiary/aromatic N) is 2. The van der Waals surface area contributed by atoms with Crippen molar-refractivity contribution in [1.29, 1.82) is 0 Å². The number of aromatic nitrogens is 3. The molecule has 4 atom stereocenters. The lowest BCUT2D eigenvalue weighted by Gasteiger charge is -2.17. The molecule has 9 nitrogen and oxygen atoms in total. The molecule has 3 aromatic rings. The first kappa shape index (κ1) is 21.4. The molecule has 0 saturated carbocycles. The summed E-state index contributed by atoms with van der Waals surface area (Å²) >= 11 is 6.35. The van der Waals surface area contributed by atoms with Crippen LogP contribution < -0.4 is 9.47 Å². The van der Waals surface area contributed by atoms with Crippen molar-refractivity contribution in [3.63, 3.8) is 0 Å². The Balaban J connectivity index is 1.27. The van der Waals surface area contributed by atoms with E-state index in [2.05, 4.69) is 15.0 Å². The molecule has 0 amide bonds. The van der Waals surface area contributed by atoms with Gasteiger partial charge in [0.25, 0.3) is 6.01 Å². The highest BCUT2D eigenvalue weighted by Crippen LogP contribution is 2.31. The van der Waals surface area contributed by atoms with Crippen molar-refractivity contribution >= 4 is 22.8 Å². The van der Waals surface area contributed by atoms with E-state index in [0.717, 1.165) is 11.1 Å². The van der Waals surface area contributed by atoms with Crippen LogP contribution in [0.25, 0.3) is 11.2 Å². The fraction of sp³-hybridized carbons (Fsp3) is 0.455. The van der Waals surface area contributed by atoms with Gasteiger partial charge in [0.2, 0.25) is 5.88 Å². The van der Waals surface area contributed by atoms with E-state index in [1.165, 1.54) is 0 Å². The summed E-state index contributed by atoms with van der Waals surface area (Å²) < 4.78 is 22.8. The molecule has 2 saturated heterocycles. The van der Waals surface area contributed by atoms with Crippen LogP contribution in [0.5, 0.6) is 11.9 Å². The zero-order valence-electron chi connectivity index (χ0n) is 17.6. The topological polar surface area (TPSA) is 119 Å². The summed E-state index contributed by atoms with van der Waals surface area (Å²) in [5, 5.41) is 20.3. The van der Waals surface area contributed by atoms with Crippen molar-refractivity contribution in [3.05, 3.63) is 46.5 Å². The molecule has 2 aliphatic rings. The Bertz CT molecular complexity index is 1110. The van der Waals surface area contributed by atoms with Crippen molar-refractivity contribution < 1.29 is 29.2 Å². The minimum absolute atomic E-state index is 0.230. The summed E-state index contributed by atoms with van der Waals surface area (Å²) in [6, 6.07) is 9.44. The van der Waals surface area contributed by atoms with E-state index in [4.69, 9.17) is 30.5 Å². The number of nitrogens with one attached hydrogen (secondary N) is 1. The summed E-state index contributed by atoms with van der Waals surface area (Å²) in [5.74, 6) is 0.260. The largest absolute Gasteiger partial charge is 0.472 e. The van der Waals surface area contributed by atoms with Crippen LogP contribution in [0.2, 0.25) is 5.02 Å². The number of fused-ring (bicyclic) bond motifs is 2. The number of halogens is 1. The van der Waals surface area contributed by atoms with Crippen molar-refractivity contribution in [2.75, 3.05) is 13.2 Å². The normalized spacial score (nSPS) is 25.3.